The van der Waals surface area contributed by atoms with E-state index in [-0.39, 0.29) is 29.5 Å². The van der Waals surface area contributed by atoms with Crippen LogP contribution in [0.1, 0.15) is 39.4 Å². The van der Waals surface area contributed by atoms with E-state index in [1.807, 2.05) is 18.2 Å². The maximum absolute atomic E-state index is 6.03. The van der Waals surface area contributed by atoms with Gasteiger partial charge in [0.05, 0.1) is 12.3 Å². The second-order valence-corrected chi connectivity index (χ2v) is 8.24. The Morgan fingerprint density at radius 2 is 1.54 bits per heavy atom. The van der Waals surface area contributed by atoms with Crippen LogP contribution in [0.2, 0.25) is 0 Å². The van der Waals surface area contributed by atoms with E-state index in [4.69, 9.17) is 9.47 Å². The van der Waals surface area contributed by atoms with Gasteiger partial charge in [0, 0.05) is 0 Å². The Balaban J connectivity index is 0.000000258. The van der Waals surface area contributed by atoms with Crippen LogP contribution in [-0.4, -0.2) is 12.9 Å². The van der Waals surface area contributed by atoms with Crippen LogP contribution in [0.15, 0.2) is 30.3 Å². The summed E-state index contributed by atoms with van der Waals surface area (Å²) in [5.41, 5.74) is 2.45. The molecule has 0 aromatic heterocycles. The molecule has 2 nitrogen and oxygen atoms in total. The van der Waals surface area contributed by atoms with Gasteiger partial charge in [-0.25, -0.2) is 0 Å². The fraction of sp³-hybridized carbons (Fsp3) is 0.333. The van der Waals surface area contributed by atoms with Gasteiger partial charge in [-0.3, -0.25) is 0 Å². The molecular weight excluding hydrogens is 402 g/mol. The molecule has 0 spiro atoms. The summed E-state index contributed by atoms with van der Waals surface area (Å²) in [6, 6.07) is 10.3. The van der Waals surface area contributed by atoms with Gasteiger partial charge in [-0.2, -0.15) is 0 Å². The first-order valence-electron chi connectivity index (χ1n) is 8.51. The van der Waals surface area contributed by atoms with Crippen molar-refractivity contribution in [3.63, 3.8) is 0 Å². The van der Waals surface area contributed by atoms with Crippen molar-refractivity contribution in [1.29, 1.82) is 0 Å². The third-order valence-corrected chi connectivity index (χ3v) is 7.03. The number of ether oxygens (including phenoxy) is 2. The van der Waals surface area contributed by atoms with Gasteiger partial charge in [0.25, 0.3) is 0 Å². The van der Waals surface area contributed by atoms with Crippen LogP contribution in [0.3, 0.4) is 0 Å². The minimum absolute atomic E-state index is 0. The second kappa shape index (κ2) is 10.9. The van der Waals surface area contributed by atoms with E-state index in [9.17, 15) is 0 Å². The Labute approximate surface area is 174 Å². The van der Waals surface area contributed by atoms with Crippen molar-refractivity contribution in [3.8, 4) is 0 Å². The molecule has 5 heteroatoms. The molecule has 2 atom stereocenters. The van der Waals surface area contributed by atoms with E-state index in [0.717, 1.165) is 0 Å². The number of benzene rings is 1. The van der Waals surface area contributed by atoms with Crippen molar-refractivity contribution in [2.24, 2.45) is 0 Å². The maximum Gasteiger partial charge on any atom is 2.00 e. The maximum atomic E-state index is 6.03. The molecule has 3 heterocycles. The van der Waals surface area contributed by atoms with E-state index in [0.29, 0.717) is 6.61 Å². The summed E-state index contributed by atoms with van der Waals surface area (Å²) in [5, 5.41) is 0. The van der Waals surface area contributed by atoms with Crippen molar-refractivity contribution in [1.82, 2.24) is 0 Å². The summed E-state index contributed by atoms with van der Waals surface area (Å²) in [5.74, 6) is 5.51. The second-order valence-electron chi connectivity index (χ2n) is 6.43. The van der Waals surface area contributed by atoms with Crippen LogP contribution in [0.4, 0.5) is 0 Å². The summed E-state index contributed by atoms with van der Waals surface area (Å²) >= 11 is 0. The Bertz CT molecular complexity index is 522. The molecule has 1 aromatic rings. The summed E-state index contributed by atoms with van der Waals surface area (Å²) in [6.07, 6.45) is 6.54. The van der Waals surface area contributed by atoms with Crippen molar-refractivity contribution in [2.45, 2.75) is 40.1 Å². The monoisotopic (exact) mass is 426 g/mol. The Morgan fingerprint density at radius 3 is 2.04 bits per heavy atom. The quantitative estimate of drug-likeness (QED) is 0.403. The molecule has 10 radical (unpaired) electrons. The predicted molar refractivity (Wildman–Crippen MR) is 106 cm³/mol. The van der Waals surface area contributed by atoms with E-state index < -0.39 is 0 Å². The van der Waals surface area contributed by atoms with Crippen molar-refractivity contribution < 1.29 is 26.5 Å². The number of rotatable bonds is 2. The van der Waals surface area contributed by atoms with Crippen LogP contribution in [-0.2, 0) is 26.5 Å². The molecular formula is C21H24FeO2P2+2. The van der Waals surface area contributed by atoms with E-state index in [1.165, 1.54) is 52.1 Å². The zero-order chi connectivity index (χ0) is 17.8. The van der Waals surface area contributed by atoms with Crippen LogP contribution in [0, 0.1) is 47.8 Å². The van der Waals surface area contributed by atoms with Crippen molar-refractivity contribution >= 4 is 17.2 Å². The van der Waals surface area contributed by atoms with Crippen molar-refractivity contribution in [3.05, 3.63) is 83.7 Å². The zero-order valence-electron chi connectivity index (χ0n) is 15.5. The molecule has 1 aromatic carbocycles. The summed E-state index contributed by atoms with van der Waals surface area (Å²) < 4.78 is 11.8. The average Bonchev–Trinajstić information content (AvgIpc) is 3.33. The van der Waals surface area contributed by atoms with Crippen LogP contribution in [0.25, 0.3) is 0 Å². The predicted octanol–water partition coefficient (Wildman–Crippen LogP) is 6.40. The molecule has 0 aliphatic carbocycles. The molecule has 3 aliphatic rings. The molecule has 0 N–H and O–H groups in total. The van der Waals surface area contributed by atoms with Gasteiger partial charge < -0.3 is 9.47 Å². The number of hydrogen-bond acceptors (Lipinski definition) is 2. The van der Waals surface area contributed by atoms with Crippen LogP contribution >= 0.6 is 17.2 Å². The third kappa shape index (κ3) is 5.76. The van der Waals surface area contributed by atoms with Crippen molar-refractivity contribution in [2.75, 3.05) is 6.61 Å². The molecule has 26 heavy (non-hydrogen) atoms. The first-order valence-corrected chi connectivity index (χ1v) is 10.5. The fourth-order valence-corrected chi connectivity index (χ4v) is 4.74. The minimum Gasteiger partial charge on any atom is -0.349 e. The van der Waals surface area contributed by atoms with Gasteiger partial charge in [-0.15, -0.1) is 0 Å². The smallest absolute Gasteiger partial charge is 0.349 e. The van der Waals surface area contributed by atoms with Gasteiger partial charge in [-0.1, -0.05) is 75.2 Å². The van der Waals surface area contributed by atoms with Gasteiger partial charge in [-0.05, 0) is 47.7 Å². The van der Waals surface area contributed by atoms with Gasteiger partial charge in [0.1, 0.15) is 6.10 Å². The van der Waals surface area contributed by atoms with Gasteiger partial charge in [0.2, 0.25) is 0 Å². The van der Waals surface area contributed by atoms with E-state index >= 15 is 0 Å². The van der Waals surface area contributed by atoms with E-state index in [1.54, 1.807) is 0 Å². The number of hydrogen-bond donors (Lipinski definition) is 0. The minimum atomic E-state index is -0.175. The molecule has 3 saturated heterocycles. The topological polar surface area (TPSA) is 18.5 Å². The standard InChI is InChI=1S/C15H16O2P.C6H8P.Fe/c1-10-9-18-14(11(10)2)15-16-8-13(17-15)12-6-4-3-5-7-12;1-5-3-7-4-6(5)2;/h3-7,9,13,15H,8H2,1-2H3;3-4H,1-2H3;/q;;+2/t13-,15-;;/m1../s1. The zero-order valence-corrected chi connectivity index (χ0v) is 18.4. The average molecular weight is 426 g/mol. The third-order valence-electron chi connectivity index (χ3n) is 4.61. The molecule has 0 amide bonds. The van der Waals surface area contributed by atoms with Crippen LogP contribution < -0.4 is 0 Å². The molecule has 3 aliphatic heterocycles. The largest absolute Gasteiger partial charge is 2.00 e. The first kappa shape index (κ1) is 22.8. The van der Waals surface area contributed by atoms with E-state index in [2.05, 4.69) is 58.3 Å². The summed E-state index contributed by atoms with van der Waals surface area (Å²) in [4.78, 5) is 0. The fourth-order valence-electron chi connectivity index (χ4n) is 2.65. The molecule has 4 rings (SSSR count). The Kier molecular flexibility index (Phi) is 9.56. The molecule has 3 fully saturated rings. The Morgan fingerprint density at radius 1 is 0.885 bits per heavy atom. The first-order chi connectivity index (χ1) is 12.1. The van der Waals surface area contributed by atoms with Crippen LogP contribution in [0.5, 0.6) is 0 Å². The summed E-state index contributed by atoms with van der Waals surface area (Å²) in [7, 11) is 2.57. The molecule has 0 saturated carbocycles. The summed E-state index contributed by atoms with van der Waals surface area (Å²) in [6.45, 7) is 9.21. The normalized spacial score (nSPS) is 29.7. The SMILES string of the molecule is C[C]1[CH][P][CH][C]1C.C[C]1[CH][P][C]([C@@H]2OC[C@H](c3ccccc3)O2)[C]1C.[Fe+2]. The van der Waals surface area contributed by atoms with Gasteiger partial charge >= 0.3 is 17.1 Å². The molecule has 0 unspecified atom stereocenters. The molecule has 136 valence electrons. The molecule has 0 bridgehead atoms. The van der Waals surface area contributed by atoms with Gasteiger partial charge in [0.15, 0.2) is 6.29 Å². The Hall–Kier alpha value is 0.519.